The second-order valence-electron chi connectivity index (χ2n) is 5.22. The first-order valence-electron chi connectivity index (χ1n) is 6.73. The molecule has 1 unspecified atom stereocenters. The summed E-state index contributed by atoms with van der Waals surface area (Å²) in [6.07, 6.45) is 1.02. The Bertz CT molecular complexity index is 705. The Balaban J connectivity index is 2.11. The first kappa shape index (κ1) is 14.9. The molecule has 1 aliphatic rings. The van der Waals surface area contributed by atoms with Gasteiger partial charge in [-0.15, -0.1) is 6.58 Å². The Hall–Kier alpha value is -2.07. The van der Waals surface area contributed by atoms with Crippen molar-refractivity contribution in [3.8, 4) is 0 Å². The third-order valence-corrected chi connectivity index (χ3v) is 3.89. The summed E-state index contributed by atoms with van der Waals surface area (Å²) >= 11 is 0. The number of hydrogen-bond donors (Lipinski definition) is 4. The molecule has 9 heteroatoms. The normalized spacial score (nSPS) is 31.7. The fourth-order valence-corrected chi connectivity index (χ4v) is 2.77. The van der Waals surface area contributed by atoms with Gasteiger partial charge in [-0.1, -0.05) is 6.08 Å². The molecule has 5 N–H and O–H groups in total. The number of imidazole rings is 1. The van der Waals surface area contributed by atoms with Gasteiger partial charge >= 0.3 is 0 Å². The van der Waals surface area contributed by atoms with Gasteiger partial charge in [0.25, 0.3) is 0 Å². The number of nitrogens with two attached hydrogens (primary N) is 1. The van der Waals surface area contributed by atoms with Crippen molar-refractivity contribution in [2.45, 2.75) is 30.5 Å². The molecule has 2 aromatic rings. The topological polar surface area (TPSA) is 140 Å². The average molecular weight is 307 g/mol. The summed E-state index contributed by atoms with van der Waals surface area (Å²) in [6.45, 7) is 3.16. The van der Waals surface area contributed by atoms with Crippen LogP contribution in [0.25, 0.3) is 11.2 Å². The van der Waals surface area contributed by atoms with E-state index in [1.807, 2.05) is 0 Å². The molecule has 0 spiro atoms. The molecule has 0 radical (unpaired) electrons. The second-order valence-corrected chi connectivity index (χ2v) is 5.22. The second kappa shape index (κ2) is 5.29. The first-order valence-corrected chi connectivity index (χ1v) is 6.73. The van der Waals surface area contributed by atoms with E-state index in [1.54, 1.807) is 0 Å². The van der Waals surface area contributed by atoms with Gasteiger partial charge in [-0.05, 0) is 0 Å². The smallest absolute Gasteiger partial charge is 0.168 e. The van der Waals surface area contributed by atoms with Crippen molar-refractivity contribution >= 4 is 17.0 Å². The number of aromatic nitrogens is 4. The summed E-state index contributed by atoms with van der Waals surface area (Å²) < 4.78 is 7.08. The SMILES string of the molecule is C=CC[C@]1(O)C(n2cnc3c(N)ncnc32)O[C@H](CO)[C@H]1O. The number of fused-ring (bicyclic) bond motifs is 1. The number of nitrogen functional groups attached to an aromatic ring is 1. The minimum Gasteiger partial charge on any atom is -0.394 e. The van der Waals surface area contributed by atoms with E-state index in [-0.39, 0.29) is 12.2 Å². The lowest BCUT2D eigenvalue weighted by Crippen LogP contribution is -2.46. The molecule has 1 saturated heterocycles. The molecule has 3 heterocycles. The Kier molecular flexibility index (Phi) is 3.57. The van der Waals surface area contributed by atoms with Crippen LogP contribution >= 0.6 is 0 Å². The Morgan fingerprint density at radius 3 is 2.91 bits per heavy atom. The number of nitrogens with zero attached hydrogens (tertiary/aromatic N) is 4. The van der Waals surface area contributed by atoms with Crippen molar-refractivity contribution in [1.29, 1.82) is 0 Å². The summed E-state index contributed by atoms with van der Waals surface area (Å²) in [7, 11) is 0. The Morgan fingerprint density at radius 2 is 2.23 bits per heavy atom. The van der Waals surface area contributed by atoms with Gasteiger partial charge in [0.2, 0.25) is 0 Å². The highest BCUT2D eigenvalue weighted by molar-refractivity contribution is 5.81. The van der Waals surface area contributed by atoms with Crippen LogP contribution in [0.3, 0.4) is 0 Å². The predicted octanol–water partition coefficient (Wildman–Crippen LogP) is -1.03. The van der Waals surface area contributed by atoms with Gasteiger partial charge in [0.05, 0.1) is 12.9 Å². The van der Waals surface area contributed by atoms with Crippen LogP contribution in [-0.2, 0) is 4.74 Å². The molecule has 0 saturated carbocycles. The highest BCUT2D eigenvalue weighted by atomic mass is 16.6. The van der Waals surface area contributed by atoms with Gasteiger partial charge in [-0.3, -0.25) is 4.57 Å². The summed E-state index contributed by atoms with van der Waals surface area (Å²) in [5.41, 5.74) is 4.81. The molecule has 0 aliphatic carbocycles. The number of rotatable bonds is 4. The zero-order chi connectivity index (χ0) is 15.9. The summed E-state index contributed by atoms with van der Waals surface area (Å²) in [6, 6.07) is 0. The van der Waals surface area contributed by atoms with Gasteiger partial charge in [0.1, 0.15) is 29.7 Å². The molecular formula is C13H17N5O4. The fraction of sp³-hybridized carbons (Fsp3) is 0.462. The lowest BCUT2D eigenvalue weighted by atomic mass is 9.90. The van der Waals surface area contributed by atoms with Gasteiger partial charge in [-0.2, -0.15) is 0 Å². The van der Waals surface area contributed by atoms with Crippen LogP contribution in [0.4, 0.5) is 5.82 Å². The Morgan fingerprint density at radius 1 is 1.45 bits per heavy atom. The number of hydrogen-bond acceptors (Lipinski definition) is 8. The molecule has 4 atom stereocenters. The number of ether oxygens (including phenoxy) is 1. The molecule has 0 amide bonds. The zero-order valence-corrected chi connectivity index (χ0v) is 11.7. The molecule has 9 nitrogen and oxygen atoms in total. The average Bonchev–Trinajstić information content (AvgIpc) is 3.02. The highest BCUT2D eigenvalue weighted by Crippen LogP contribution is 2.42. The highest BCUT2D eigenvalue weighted by Gasteiger charge is 2.55. The summed E-state index contributed by atoms with van der Waals surface area (Å²) in [5, 5.41) is 30.4. The van der Waals surface area contributed by atoms with Crippen molar-refractivity contribution in [2.24, 2.45) is 0 Å². The van der Waals surface area contributed by atoms with Crippen LogP contribution in [-0.4, -0.2) is 59.3 Å². The quantitative estimate of drug-likeness (QED) is 0.525. The van der Waals surface area contributed by atoms with Crippen molar-refractivity contribution in [3.05, 3.63) is 25.3 Å². The number of aliphatic hydroxyl groups is 3. The molecule has 0 bridgehead atoms. The standard InChI is InChI=1S/C13H17N5O4/c1-2-3-13(21)9(20)7(4-19)22-12(13)18-6-17-8-10(14)15-5-16-11(8)18/h2,5-7,9,12,19-21H,1,3-4H2,(H2,14,15,16)/t7-,9-,12?,13-/m1/s1. The lowest BCUT2D eigenvalue weighted by Gasteiger charge is -2.30. The van der Waals surface area contributed by atoms with Crippen molar-refractivity contribution in [3.63, 3.8) is 0 Å². The number of aliphatic hydroxyl groups excluding tert-OH is 2. The maximum atomic E-state index is 10.8. The van der Waals surface area contributed by atoms with Crippen LogP contribution in [0.1, 0.15) is 12.6 Å². The first-order chi connectivity index (χ1) is 10.5. The third-order valence-electron chi connectivity index (χ3n) is 3.89. The van der Waals surface area contributed by atoms with Crippen LogP contribution < -0.4 is 5.73 Å². The van der Waals surface area contributed by atoms with Crippen LogP contribution in [0.2, 0.25) is 0 Å². The Labute approximate surface area is 125 Å². The minimum atomic E-state index is -1.66. The molecule has 22 heavy (non-hydrogen) atoms. The van der Waals surface area contributed by atoms with Crippen molar-refractivity contribution in [2.75, 3.05) is 12.3 Å². The van der Waals surface area contributed by atoms with Gasteiger partial charge in [0, 0.05) is 6.42 Å². The molecule has 1 fully saturated rings. The lowest BCUT2D eigenvalue weighted by molar-refractivity contribution is -0.105. The van der Waals surface area contributed by atoms with E-state index in [4.69, 9.17) is 10.5 Å². The molecule has 1 aliphatic heterocycles. The molecule has 2 aromatic heterocycles. The maximum Gasteiger partial charge on any atom is 0.168 e. The van der Waals surface area contributed by atoms with E-state index in [0.29, 0.717) is 11.2 Å². The summed E-state index contributed by atoms with van der Waals surface area (Å²) in [5.74, 6) is 0.202. The number of anilines is 1. The minimum absolute atomic E-state index is 0.0651. The predicted molar refractivity (Wildman–Crippen MR) is 76.5 cm³/mol. The van der Waals surface area contributed by atoms with E-state index >= 15 is 0 Å². The van der Waals surface area contributed by atoms with Crippen LogP contribution in [0.15, 0.2) is 25.3 Å². The monoisotopic (exact) mass is 307 g/mol. The van der Waals surface area contributed by atoms with Gasteiger partial charge < -0.3 is 25.8 Å². The maximum absolute atomic E-state index is 10.8. The van der Waals surface area contributed by atoms with Crippen LogP contribution in [0.5, 0.6) is 0 Å². The van der Waals surface area contributed by atoms with Gasteiger partial charge in [-0.25, -0.2) is 15.0 Å². The van der Waals surface area contributed by atoms with Crippen LogP contribution in [0, 0.1) is 0 Å². The van der Waals surface area contributed by atoms with E-state index in [0.717, 1.165) is 0 Å². The molecule has 3 rings (SSSR count). The van der Waals surface area contributed by atoms with E-state index in [9.17, 15) is 15.3 Å². The molecule has 118 valence electrons. The van der Waals surface area contributed by atoms with E-state index in [2.05, 4.69) is 21.5 Å². The van der Waals surface area contributed by atoms with Gasteiger partial charge in [0.15, 0.2) is 17.7 Å². The zero-order valence-electron chi connectivity index (χ0n) is 11.7. The molecular weight excluding hydrogens is 290 g/mol. The van der Waals surface area contributed by atoms with E-state index < -0.39 is 30.6 Å². The largest absolute Gasteiger partial charge is 0.394 e. The van der Waals surface area contributed by atoms with Crippen molar-refractivity contribution < 1.29 is 20.1 Å². The van der Waals surface area contributed by atoms with E-state index in [1.165, 1.54) is 23.3 Å². The molecule has 0 aromatic carbocycles. The fourth-order valence-electron chi connectivity index (χ4n) is 2.77. The third kappa shape index (κ3) is 1.98. The van der Waals surface area contributed by atoms with Crippen molar-refractivity contribution in [1.82, 2.24) is 19.5 Å². The summed E-state index contributed by atoms with van der Waals surface area (Å²) in [4.78, 5) is 12.1.